The molecule has 1 aromatic rings. The lowest BCUT2D eigenvalue weighted by Gasteiger charge is -2.53. The molecule has 1 aromatic heterocycles. The van der Waals surface area contributed by atoms with Gasteiger partial charge in [0, 0.05) is 43.1 Å². The Morgan fingerprint density at radius 2 is 2.00 bits per heavy atom. The first-order chi connectivity index (χ1) is 9.98. The van der Waals surface area contributed by atoms with Gasteiger partial charge in [-0.2, -0.15) is 0 Å². The van der Waals surface area contributed by atoms with Gasteiger partial charge in [0.1, 0.15) is 0 Å². The molecule has 0 aromatic carbocycles. The van der Waals surface area contributed by atoms with Crippen molar-refractivity contribution in [3.63, 3.8) is 0 Å². The highest BCUT2D eigenvalue weighted by molar-refractivity contribution is 6.31. The molecule has 1 aliphatic rings. The van der Waals surface area contributed by atoms with Crippen molar-refractivity contribution in [2.75, 3.05) is 13.1 Å². The Bertz CT molecular complexity index is 473. The largest absolute Gasteiger partial charge is 0.308 e. The minimum absolute atomic E-state index is 0.181. The van der Waals surface area contributed by atoms with E-state index in [-0.39, 0.29) is 11.1 Å². The van der Waals surface area contributed by atoms with E-state index >= 15 is 0 Å². The van der Waals surface area contributed by atoms with Gasteiger partial charge in [0.15, 0.2) is 0 Å². The zero-order valence-corrected chi connectivity index (χ0v) is 14.5. The lowest BCUT2D eigenvalue weighted by atomic mass is 9.83. The van der Waals surface area contributed by atoms with Crippen LogP contribution in [0.15, 0.2) is 18.5 Å². The summed E-state index contributed by atoms with van der Waals surface area (Å²) < 4.78 is 0. The lowest BCUT2D eigenvalue weighted by Crippen LogP contribution is -2.68. The van der Waals surface area contributed by atoms with E-state index in [0.717, 1.165) is 43.9 Å². The van der Waals surface area contributed by atoms with Gasteiger partial charge in [0.25, 0.3) is 0 Å². The predicted octanol–water partition coefficient (Wildman–Crippen LogP) is 3.87. The molecule has 2 rings (SSSR count). The Labute approximate surface area is 134 Å². The first-order valence-electron chi connectivity index (χ1n) is 8.07. The summed E-state index contributed by atoms with van der Waals surface area (Å²) >= 11 is 6.31. The SMILES string of the molecule is CCC1(CC)CN(Cc2ccncc2Cl)C(C)(CC)CN1. The third kappa shape index (κ3) is 3.41. The van der Waals surface area contributed by atoms with Crippen LogP contribution in [-0.2, 0) is 6.54 Å². The number of rotatable bonds is 5. The summed E-state index contributed by atoms with van der Waals surface area (Å²) in [5.74, 6) is 0. The fourth-order valence-electron chi connectivity index (χ4n) is 3.16. The number of piperazine rings is 1. The van der Waals surface area contributed by atoms with Crippen molar-refractivity contribution in [3.05, 3.63) is 29.0 Å². The molecule has 1 N–H and O–H groups in total. The lowest BCUT2D eigenvalue weighted by molar-refractivity contribution is 0.00277. The van der Waals surface area contributed by atoms with Crippen molar-refractivity contribution in [2.24, 2.45) is 0 Å². The summed E-state index contributed by atoms with van der Waals surface area (Å²) in [6, 6.07) is 2.04. The summed E-state index contributed by atoms with van der Waals surface area (Å²) in [6.07, 6.45) is 7.02. The fraction of sp³-hybridized carbons (Fsp3) is 0.706. The molecule has 1 atom stereocenters. The number of pyridine rings is 1. The Hall–Kier alpha value is -0.640. The monoisotopic (exact) mass is 309 g/mol. The molecule has 2 heterocycles. The second kappa shape index (κ2) is 6.64. The van der Waals surface area contributed by atoms with Crippen LogP contribution < -0.4 is 5.32 Å². The quantitative estimate of drug-likeness (QED) is 0.895. The third-order valence-corrected chi connectivity index (χ3v) is 5.77. The topological polar surface area (TPSA) is 28.2 Å². The average molecular weight is 310 g/mol. The molecule has 21 heavy (non-hydrogen) atoms. The summed E-state index contributed by atoms with van der Waals surface area (Å²) in [6.45, 7) is 12.2. The highest BCUT2D eigenvalue weighted by Gasteiger charge is 2.42. The molecule has 118 valence electrons. The highest BCUT2D eigenvalue weighted by Crippen LogP contribution is 2.32. The van der Waals surface area contributed by atoms with Gasteiger partial charge in [-0.05, 0) is 37.8 Å². The molecule has 1 unspecified atom stereocenters. The zero-order chi connectivity index (χ0) is 15.5. The molecular formula is C17H28ClN3. The van der Waals surface area contributed by atoms with Gasteiger partial charge in [-0.1, -0.05) is 32.4 Å². The first-order valence-corrected chi connectivity index (χ1v) is 8.45. The van der Waals surface area contributed by atoms with E-state index in [9.17, 15) is 0 Å². The Morgan fingerprint density at radius 3 is 2.57 bits per heavy atom. The predicted molar refractivity (Wildman–Crippen MR) is 89.7 cm³/mol. The molecule has 1 aliphatic heterocycles. The molecule has 3 nitrogen and oxygen atoms in total. The van der Waals surface area contributed by atoms with Crippen LogP contribution in [0, 0.1) is 0 Å². The van der Waals surface area contributed by atoms with Crippen molar-refractivity contribution in [2.45, 2.75) is 64.6 Å². The van der Waals surface area contributed by atoms with Gasteiger partial charge in [-0.15, -0.1) is 0 Å². The van der Waals surface area contributed by atoms with Crippen molar-refractivity contribution in [1.82, 2.24) is 15.2 Å². The van der Waals surface area contributed by atoms with E-state index in [0.29, 0.717) is 0 Å². The van der Waals surface area contributed by atoms with Crippen molar-refractivity contribution < 1.29 is 0 Å². The van der Waals surface area contributed by atoms with Crippen LogP contribution in [0.5, 0.6) is 0 Å². The molecule has 0 bridgehead atoms. The first kappa shape index (κ1) is 16.7. The van der Waals surface area contributed by atoms with Gasteiger partial charge < -0.3 is 5.32 Å². The van der Waals surface area contributed by atoms with E-state index < -0.39 is 0 Å². The third-order valence-electron chi connectivity index (χ3n) is 5.43. The van der Waals surface area contributed by atoms with E-state index in [2.05, 4.69) is 42.9 Å². The van der Waals surface area contributed by atoms with E-state index in [1.807, 2.05) is 12.3 Å². The van der Waals surface area contributed by atoms with Crippen molar-refractivity contribution >= 4 is 11.6 Å². The maximum Gasteiger partial charge on any atom is 0.0634 e. The number of aromatic nitrogens is 1. The average Bonchev–Trinajstić information content (AvgIpc) is 2.52. The maximum absolute atomic E-state index is 6.31. The Balaban J connectivity index is 2.25. The van der Waals surface area contributed by atoms with Gasteiger partial charge in [0.05, 0.1) is 5.02 Å². The van der Waals surface area contributed by atoms with Crippen LogP contribution in [0.3, 0.4) is 0 Å². The van der Waals surface area contributed by atoms with E-state index in [1.165, 1.54) is 5.56 Å². The molecule has 1 saturated heterocycles. The summed E-state index contributed by atoms with van der Waals surface area (Å²) in [4.78, 5) is 6.70. The zero-order valence-electron chi connectivity index (χ0n) is 13.7. The summed E-state index contributed by atoms with van der Waals surface area (Å²) in [5, 5.41) is 4.59. The molecule has 0 aliphatic carbocycles. The highest BCUT2D eigenvalue weighted by atomic mass is 35.5. The standard InChI is InChI=1S/C17H28ClN3/c1-5-16(4)12-20-17(6-2,7-3)13-21(16)11-14-8-9-19-10-15(14)18/h8-10,20H,5-7,11-13H2,1-4H3. The fourth-order valence-corrected chi connectivity index (χ4v) is 3.34. The number of halogens is 1. The molecule has 1 fully saturated rings. The molecule has 0 saturated carbocycles. The van der Waals surface area contributed by atoms with E-state index in [4.69, 9.17) is 11.6 Å². The molecular weight excluding hydrogens is 282 g/mol. The Morgan fingerprint density at radius 1 is 1.29 bits per heavy atom. The van der Waals surface area contributed by atoms with Crippen LogP contribution >= 0.6 is 11.6 Å². The van der Waals surface area contributed by atoms with Gasteiger partial charge in [-0.3, -0.25) is 9.88 Å². The molecule has 0 spiro atoms. The second-order valence-corrected chi connectivity index (χ2v) is 6.92. The second-order valence-electron chi connectivity index (χ2n) is 6.51. The van der Waals surface area contributed by atoms with Crippen molar-refractivity contribution in [3.8, 4) is 0 Å². The molecule has 4 heteroatoms. The van der Waals surface area contributed by atoms with Crippen molar-refractivity contribution in [1.29, 1.82) is 0 Å². The molecule has 0 radical (unpaired) electrons. The number of hydrogen-bond acceptors (Lipinski definition) is 3. The summed E-state index contributed by atoms with van der Waals surface area (Å²) in [7, 11) is 0. The smallest absolute Gasteiger partial charge is 0.0634 e. The van der Waals surface area contributed by atoms with Gasteiger partial charge in [0.2, 0.25) is 0 Å². The maximum atomic E-state index is 6.31. The summed E-state index contributed by atoms with van der Waals surface area (Å²) in [5.41, 5.74) is 1.59. The minimum atomic E-state index is 0.181. The van der Waals surface area contributed by atoms with E-state index in [1.54, 1.807) is 6.20 Å². The van der Waals surface area contributed by atoms with Gasteiger partial charge >= 0.3 is 0 Å². The number of nitrogens with zero attached hydrogens (tertiary/aromatic N) is 2. The van der Waals surface area contributed by atoms with Crippen LogP contribution in [-0.4, -0.2) is 34.1 Å². The molecule has 0 amide bonds. The minimum Gasteiger partial charge on any atom is -0.308 e. The van der Waals surface area contributed by atoms with Crippen LogP contribution in [0.25, 0.3) is 0 Å². The van der Waals surface area contributed by atoms with Gasteiger partial charge in [-0.25, -0.2) is 0 Å². The van der Waals surface area contributed by atoms with Crippen LogP contribution in [0.1, 0.15) is 52.5 Å². The number of hydrogen-bond donors (Lipinski definition) is 1. The normalized spacial score (nSPS) is 26.0. The number of nitrogens with one attached hydrogen (secondary N) is 1. The van der Waals surface area contributed by atoms with Crippen LogP contribution in [0.4, 0.5) is 0 Å². The Kier molecular flexibility index (Phi) is 5.29. The van der Waals surface area contributed by atoms with Crippen LogP contribution in [0.2, 0.25) is 5.02 Å².